The summed E-state index contributed by atoms with van der Waals surface area (Å²) in [6.45, 7) is 9.33. The van der Waals surface area contributed by atoms with Gasteiger partial charge < -0.3 is 9.58 Å². The Morgan fingerprint density at radius 2 is 2.24 bits per heavy atom. The first kappa shape index (κ1) is 14.1. The molecule has 0 aliphatic heterocycles. The van der Waals surface area contributed by atoms with Gasteiger partial charge in [0.15, 0.2) is 0 Å². The number of hydrogen-bond donors (Lipinski definition) is 0. The molecule has 0 bridgehead atoms. The molecule has 0 radical (unpaired) electrons. The summed E-state index contributed by atoms with van der Waals surface area (Å²) < 4.78 is 5.09. The number of aromatic nitrogens is 1. The van der Waals surface area contributed by atoms with E-state index in [2.05, 4.69) is 9.83 Å². The van der Waals surface area contributed by atoms with Crippen LogP contribution in [0.2, 0.25) is 0 Å². The molecule has 1 atom stereocenters. The van der Waals surface area contributed by atoms with Crippen LogP contribution in [-0.2, 0) is 11.2 Å². The highest BCUT2D eigenvalue weighted by atomic mass is 16.5. The minimum Gasteiger partial charge on any atom is -0.460 e. The summed E-state index contributed by atoms with van der Waals surface area (Å²) in [5, 5.41) is 0. The lowest BCUT2D eigenvalue weighted by molar-refractivity contribution is 0.0518. The van der Waals surface area contributed by atoms with Crippen molar-refractivity contribution in [1.82, 2.24) is 4.98 Å². The fourth-order valence-corrected chi connectivity index (χ4v) is 3.25. The summed E-state index contributed by atoms with van der Waals surface area (Å²) in [7, 11) is 0. The van der Waals surface area contributed by atoms with Crippen LogP contribution in [0.1, 0.15) is 66.6 Å². The van der Waals surface area contributed by atoms with Crippen molar-refractivity contribution in [3.63, 3.8) is 0 Å². The Hall–Kier alpha value is -1.89. The molecule has 0 aromatic carbocycles. The van der Waals surface area contributed by atoms with E-state index in [9.17, 15) is 4.79 Å². The normalized spacial score (nSPS) is 19.9. The minimum atomic E-state index is -0.387. The third-order valence-corrected chi connectivity index (χ3v) is 4.53. The maximum atomic E-state index is 12.1. The summed E-state index contributed by atoms with van der Waals surface area (Å²) in [5.41, 5.74) is 2.55. The topological polar surface area (TPSA) is 43.5 Å². The quantitative estimate of drug-likeness (QED) is 0.605. The average Bonchev–Trinajstić information content (AvgIpc) is 3.24. The van der Waals surface area contributed by atoms with Gasteiger partial charge in [0.1, 0.15) is 0 Å². The van der Waals surface area contributed by atoms with Gasteiger partial charge in [0.25, 0.3) is 5.82 Å². The summed E-state index contributed by atoms with van der Waals surface area (Å²) in [6, 6.07) is 1.88. The van der Waals surface area contributed by atoms with E-state index in [0.29, 0.717) is 24.0 Å². The van der Waals surface area contributed by atoms with Gasteiger partial charge in [-0.1, -0.05) is 19.4 Å². The van der Waals surface area contributed by atoms with E-state index in [-0.39, 0.29) is 5.97 Å². The van der Waals surface area contributed by atoms with E-state index in [1.54, 1.807) is 6.92 Å². The second kappa shape index (κ2) is 5.85. The van der Waals surface area contributed by atoms with Crippen LogP contribution in [0.15, 0.2) is 6.07 Å². The third kappa shape index (κ3) is 2.92. The first-order chi connectivity index (χ1) is 10.2. The van der Waals surface area contributed by atoms with Crippen LogP contribution in [0.5, 0.6) is 0 Å². The molecule has 1 fully saturated rings. The Morgan fingerprint density at radius 3 is 2.90 bits per heavy atom. The van der Waals surface area contributed by atoms with E-state index >= 15 is 0 Å². The Bertz CT molecular complexity index is 600. The lowest BCUT2D eigenvalue weighted by Gasteiger charge is -2.12. The molecule has 0 unspecified atom stereocenters. The molecule has 0 spiro atoms. The smallest absolute Gasteiger partial charge is 0.381 e. The molecule has 4 heteroatoms. The largest absolute Gasteiger partial charge is 0.460 e. The standard InChI is InChI=1S/C17H20N2O2/c1-3-21-17(20)16-13-9-8-12(7-6-11-4-5-11)14(13)10-15(18-2)19-16/h10-12H,3-9H2,1H3/t12-/m1/s1. The maximum absolute atomic E-state index is 12.1. The van der Waals surface area contributed by atoms with Crippen molar-refractivity contribution in [3.05, 3.63) is 34.3 Å². The van der Waals surface area contributed by atoms with E-state index in [1.807, 2.05) is 6.07 Å². The van der Waals surface area contributed by atoms with Gasteiger partial charge in [0, 0.05) is 5.56 Å². The maximum Gasteiger partial charge on any atom is 0.381 e. The van der Waals surface area contributed by atoms with Crippen LogP contribution >= 0.6 is 0 Å². The van der Waals surface area contributed by atoms with Crippen molar-refractivity contribution >= 4 is 11.8 Å². The molecule has 0 N–H and O–H groups in total. The summed E-state index contributed by atoms with van der Waals surface area (Å²) >= 11 is 0. The van der Waals surface area contributed by atoms with Gasteiger partial charge >= 0.3 is 5.97 Å². The highest BCUT2D eigenvalue weighted by Crippen LogP contribution is 2.43. The number of fused-ring (bicyclic) bond motifs is 1. The third-order valence-electron chi connectivity index (χ3n) is 4.53. The Kier molecular flexibility index (Phi) is 3.92. The minimum absolute atomic E-state index is 0.315. The number of ether oxygens (including phenoxy) is 1. The van der Waals surface area contributed by atoms with E-state index in [0.717, 1.165) is 24.3 Å². The van der Waals surface area contributed by atoms with Crippen LogP contribution < -0.4 is 0 Å². The molecule has 1 heterocycles. The summed E-state index contributed by atoms with van der Waals surface area (Å²) in [6.07, 6.45) is 7.13. The molecule has 1 aromatic heterocycles. The van der Waals surface area contributed by atoms with E-state index < -0.39 is 0 Å². The summed E-state index contributed by atoms with van der Waals surface area (Å²) in [5.74, 6) is 1.33. The highest BCUT2D eigenvalue weighted by molar-refractivity contribution is 5.90. The van der Waals surface area contributed by atoms with Gasteiger partial charge in [-0.15, -0.1) is 4.98 Å². The van der Waals surface area contributed by atoms with Crippen LogP contribution in [0, 0.1) is 12.5 Å². The predicted molar refractivity (Wildman–Crippen MR) is 79.5 cm³/mol. The molecule has 3 rings (SSSR count). The molecule has 4 nitrogen and oxygen atoms in total. The lowest BCUT2D eigenvalue weighted by atomic mass is 9.95. The summed E-state index contributed by atoms with van der Waals surface area (Å²) in [4.78, 5) is 19.7. The monoisotopic (exact) mass is 284 g/mol. The molecule has 110 valence electrons. The molecular formula is C17H20N2O2. The SMILES string of the molecule is [C-]#[N+]c1cc2c(c(C(=O)OCC)n1)CC[C@H]2CCC1CC1. The van der Waals surface area contributed by atoms with Gasteiger partial charge in [-0.25, -0.2) is 4.79 Å². The second-order valence-corrected chi connectivity index (χ2v) is 5.99. The van der Waals surface area contributed by atoms with Crippen LogP contribution in [0.4, 0.5) is 5.82 Å². The van der Waals surface area contributed by atoms with Crippen molar-refractivity contribution in [1.29, 1.82) is 0 Å². The first-order valence-corrected chi connectivity index (χ1v) is 7.81. The average molecular weight is 284 g/mol. The Morgan fingerprint density at radius 1 is 1.43 bits per heavy atom. The van der Waals surface area contributed by atoms with Gasteiger partial charge in [-0.05, 0) is 56.1 Å². The highest BCUT2D eigenvalue weighted by Gasteiger charge is 2.32. The van der Waals surface area contributed by atoms with Crippen molar-refractivity contribution in [3.8, 4) is 0 Å². The second-order valence-electron chi connectivity index (χ2n) is 5.99. The number of nitrogens with zero attached hydrogens (tertiary/aromatic N) is 2. The van der Waals surface area contributed by atoms with Gasteiger partial charge in [0.05, 0.1) is 6.61 Å². The van der Waals surface area contributed by atoms with Crippen LogP contribution in [-0.4, -0.2) is 17.6 Å². The van der Waals surface area contributed by atoms with E-state index in [1.165, 1.54) is 31.2 Å². The van der Waals surface area contributed by atoms with Crippen molar-refractivity contribution < 1.29 is 9.53 Å². The molecule has 2 aliphatic carbocycles. The molecule has 1 aromatic rings. The lowest BCUT2D eigenvalue weighted by Crippen LogP contribution is -2.11. The predicted octanol–water partition coefficient (Wildman–Crippen LogP) is 4.03. The molecule has 2 aliphatic rings. The van der Waals surface area contributed by atoms with Gasteiger partial charge in [-0.3, -0.25) is 0 Å². The van der Waals surface area contributed by atoms with Crippen LogP contribution in [0.25, 0.3) is 4.85 Å². The fraction of sp³-hybridized carbons (Fsp3) is 0.588. The van der Waals surface area contributed by atoms with Crippen molar-refractivity contribution in [2.45, 2.75) is 51.4 Å². The zero-order valence-corrected chi connectivity index (χ0v) is 12.4. The van der Waals surface area contributed by atoms with Crippen molar-refractivity contribution in [2.24, 2.45) is 5.92 Å². The number of esters is 1. The zero-order valence-electron chi connectivity index (χ0n) is 12.4. The number of hydrogen-bond acceptors (Lipinski definition) is 3. The molecule has 0 amide bonds. The molecule has 0 saturated heterocycles. The number of pyridine rings is 1. The van der Waals surface area contributed by atoms with E-state index in [4.69, 9.17) is 11.3 Å². The molecule has 21 heavy (non-hydrogen) atoms. The van der Waals surface area contributed by atoms with Gasteiger partial charge in [0.2, 0.25) is 5.69 Å². The zero-order chi connectivity index (χ0) is 14.8. The number of rotatable bonds is 5. The molecule has 1 saturated carbocycles. The van der Waals surface area contributed by atoms with Crippen LogP contribution in [0.3, 0.4) is 0 Å². The Balaban J connectivity index is 1.89. The van der Waals surface area contributed by atoms with Crippen molar-refractivity contribution in [2.75, 3.05) is 6.61 Å². The number of carbonyl (C=O) groups excluding carboxylic acids is 1. The number of carbonyl (C=O) groups is 1. The Labute approximate surface area is 125 Å². The fourth-order valence-electron chi connectivity index (χ4n) is 3.25. The molecular weight excluding hydrogens is 264 g/mol. The first-order valence-electron chi connectivity index (χ1n) is 7.81. The van der Waals surface area contributed by atoms with Gasteiger partial charge in [-0.2, -0.15) is 0 Å².